The van der Waals surface area contributed by atoms with E-state index < -0.39 is 11.5 Å². The van der Waals surface area contributed by atoms with Crippen LogP contribution in [0.2, 0.25) is 0 Å². The lowest BCUT2D eigenvalue weighted by atomic mass is 9.90. The van der Waals surface area contributed by atoms with Crippen LogP contribution in [-0.2, 0) is 4.79 Å². The topological polar surface area (TPSA) is 92.2 Å². The highest BCUT2D eigenvalue weighted by Gasteiger charge is 2.40. The first-order chi connectivity index (χ1) is 11.1. The van der Waals surface area contributed by atoms with E-state index >= 15 is 0 Å². The van der Waals surface area contributed by atoms with Crippen LogP contribution in [0.3, 0.4) is 0 Å². The van der Waals surface area contributed by atoms with E-state index in [4.69, 9.17) is 0 Å². The molecule has 1 aliphatic rings. The van der Waals surface area contributed by atoms with Gasteiger partial charge in [-0.3, -0.25) is 14.8 Å². The molecular formula is C17H19N3O3. The maximum Gasteiger partial charge on any atom is 0.329 e. The fourth-order valence-corrected chi connectivity index (χ4v) is 3.12. The standard InChI is InChI=1S/C17H19N3O3/c21-15(12-5-6-13-14(11-12)19-10-9-18-13)20-17(16(22)23)7-3-1-2-4-8-17/h5-6,9-11H,1-4,7-8H2,(H,20,21)(H,22,23). The molecule has 1 amide bonds. The number of aromatic nitrogens is 2. The lowest BCUT2D eigenvalue weighted by molar-refractivity contribution is -0.145. The van der Waals surface area contributed by atoms with Gasteiger partial charge in [0.2, 0.25) is 0 Å². The summed E-state index contributed by atoms with van der Waals surface area (Å²) in [5.41, 5.74) is 0.560. The highest BCUT2D eigenvalue weighted by atomic mass is 16.4. The van der Waals surface area contributed by atoms with Crippen molar-refractivity contribution >= 4 is 22.9 Å². The maximum atomic E-state index is 12.6. The Morgan fingerprint density at radius 1 is 1.00 bits per heavy atom. The van der Waals surface area contributed by atoms with Crippen LogP contribution in [0.15, 0.2) is 30.6 Å². The Morgan fingerprint density at radius 3 is 2.30 bits per heavy atom. The lowest BCUT2D eigenvalue weighted by Crippen LogP contribution is -2.54. The molecule has 0 radical (unpaired) electrons. The number of fused-ring (bicyclic) bond motifs is 1. The van der Waals surface area contributed by atoms with E-state index in [1.165, 1.54) is 0 Å². The largest absolute Gasteiger partial charge is 0.480 e. The SMILES string of the molecule is O=C(NC1(C(=O)O)CCCCCC1)c1ccc2nccnc2c1. The van der Waals surface area contributed by atoms with Gasteiger partial charge in [-0.1, -0.05) is 25.7 Å². The molecule has 0 aliphatic heterocycles. The van der Waals surface area contributed by atoms with E-state index in [1.54, 1.807) is 30.6 Å². The van der Waals surface area contributed by atoms with E-state index in [2.05, 4.69) is 15.3 Å². The Morgan fingerprint density at radius 2 is 1.65 bits per heavy atom. The molecule has 0 saturated heterocycles. The molecule has 1 aliphatic carbocycles. The van der Waals surface area contributed by atoms with Gasteiger partial charge in [-0.15, -0.1) is 0 Å². The monoisotopic (exact) mass is 313 g/mol. The van der Waals surface area contributed by atoms with Crippen molar-refractivity contribution in [2.75, 3.05) is 0 Å². The van der Waals surface area contributed by atoms with Crippen LogP contribution in [0, 0.1) is 0 Å². The Hall–Kier alpha value is -2.50. The van der Waals surface area contributed by atoms with Gasteiger partial charge in [-0.25, -0.2) is 4.79 Å². The van der Waals surface area contributed by atoms with E-state index in [0.29, 0.717) is 29.4 Å². The molecule has 1 fully saturated rings. The van der Waals surface area contributed by atoms with Gasteiger partial charge in [-0.2, -0.15) is 0 Å². The van der Waals surface area contributed by atoms with Gasteiger partial charge in [0.15, 0.2) is 0 Å². The molecule has 0 bridgehead atoms. The number of hydrogen-bond acceptors (Lipinski definition) is 4. The zero-order valence-electron chi connectivity index (χ0n) is 12.8. The van der Waals surface area contributed by atoms with Crippen molar-refractivity contribution in [3.8, 4) is 0 Å². The summed E-state index contributed by atoms with van der Waals surface area (Å²) in [4.78, 5) is 32.7. The molecule has 2 aromatic rings. The number of nitrogens with zero attached hydrogens (tertiary/aromatic N) is 2. The Kier molecular flexibility index (Phi) is 4.23. The van der Waals surface area contributed by atoms with Crippen LogP contribution in [0.25, 0.3) is 11.0 Å². The summed E-state index contributed by atoms with van der Waals surface area (Å²) in [6, 6.07) is 5.01. The van der Waals surface area contributed by atoms with Crippen molar-refractivity contribution in [3.05, 3.63) is 36.2 Å². The van der Waals surface area contributed by atoms with Gasteiger partial charge >= 0.3 is 5.97 Å². The number of nitrogens with one attached hydrogen (secondary N) is 1. The van der Waals surface area contributed by atoms with Crippen molar-refractivity contribution in [1.29, 1.82) is 0 Å². The summed E-state index contributed by atoms with van der Waals surface area (Å²) in [6.45, 7) is 0. The lowest BCUT2D eigenvalue weighted by Gasteiger charge is -2.29. The Balaban J connectivity index is 1.86. The summed E-state index contributed by atoms with van der Waals surface area (Å²) in [5.74, 6) is -1.32. The Bertz CT molecular complexity index is 737. The second-order valence-electron chi connectivity index (χ2n) is 6.02. The van der Waals surface area contributed by atoms with Crippen LogP contribution >= 0.6 is 0 Å². The van der Waals surface area contributed by atoms with E-state index in [9.17, 15) is 14.7 Å². The van der Waals surface area contributed by atoms with E-state index in [-0.39, 0.29) is 5.91 Å². The van der Waals surface area contributed by atoms with Crippen molar-refractivity contribution in [1.82, 2.24) is 15.3 Å². The van der Waals surface area contributed by atoms with Crippen LogP contribution in [0.4, 0.5) is 0 Å². The number of aliphatic carboxylic acids is 1. The molecule has 6 nitrogen and oxygen atoms in total. The highest BCUT2D eigenvalue weighted by Crippen LogP contribution is 2.28. The maximum absolute atomic E-state index is 12.6. The zero-order valence-corrected chi connectivity index (χ0v) is 12.8. The van der Waals surface area contributed by atoms with Gasteiger partial charge in [-0.05, 0) is 31.0 Å². The third-order valence-electron chi connectivity index (χ3n) is 4.45. The molecule has 1 aromatic carbocycles. The first-order valence-corrected chi connectivity index (χ1v) is 7.87. The fourth-order valence-electron chi connectivity index (χ4n) is 3.12. The molecule has 1 heterocycles. The second kappa shape index (κ2) is 6.32. The predicted molar refractivity (Wildman–Crippen MR) is 85.1 cm³/mol. The van der Waals surface area contributed by atoms with Crippen LogP contribution in [0.1, 0.15) is 48.9 Å². The minimum absolute atomic E-state index is 0.373. The molecule has 120 valence electrons. The second-order valence-corrected chi connectivity index (χ2v) is 6.02. The van der Waals surface area contributed by atoms with Gasteiger partial charge < -0.3 is 10.4 Å². The molecule has 2 N–H and O–H groups in total. The summed E-state index contributed by atoms with van der Waals surface area (Å²) >= 11 is 0. The van der Waals surface area contributed by atoms with Gasteiger partial charge in [0, 0.05) is 18.0 Å². The quantitative estimate of drug-likeness (QED) is 0.850. The first kappa shape index (κ1) is 15.4. The van der Waals surface area contributed by atoms with E-state index in [1.807, 2.05) is 0 Å². The molecule has 3 rings (SSSR count). The van der Waals surface area contributed by atoms with Gasteiger partial charge in [0.25, 0.3) is 5.91 Å². The van der Waals surface area contributed by atoms with Crippen LogP contribution < -0.4 is 5.32 Å². The molecule has 6 heteroatoms. The molecular weight excluding hydrogens is 294 g/mol. The van der Waals surface area contributed by atoms with Gasteiger partial charge in [0.1, 0.15) is 5.54 Å². The number of benzene rings is 1. The van der Waals surface area contributed by atoms with Crippen LogP contribution in [-0.4, -0.2) is 32.5 Å². The number of rotatable bonds is 3. The summed E-state index contributed by atoms with van der Waals surface area (Å²) < 4.78 is 0. The zero-order chi connectivity index (χ0) is 16.3. The summed E-state index contributed by atoms with van der Waals surface area (Å²) in [5, 5.41) is 12.4. The third kappa shape index (κ3) is 3.16. The number of carboxylic acid groups (broad SMARTS) is 1. The molecule has 0 unspecified atom stereocenters. The van der Waals surface area contributed by atoms with Gasteiger partial charge in [0.05, 0.1) is 11.0 Å². The minimum Gasteiger partial charge on any atom is -0.480 e. The summed E-state index contributed by atoms with van der Waals surface area (Å²) in [6.07, 6.45) is 7.75. The molecule has 0 atom stereocenters. The minimum atomic E-state index is -1.16. The number of hydrogen-bond donors (Lipinski definition) is 2. The van der Waals surface area contributed by atoms with Crippen molar-refractivity contribution in [2.24, 2.45) is 0 Å². The average molecular weight is 313 g/mol. The molecule has 1 aromatic heterocycles. The highest BCUT2D eigenvalue weighted by molar-refractivity contribution is 6.00. The van der Waals surface area contributed by atoms with Crippen molar-refractivity contribution < 1.29 is 14.7 Å². The number of carbonyl (C=O) groups is 2. The number of amides is 1. The predicted octanol–water partition coefficient (Wildman–Crippen LogP) is 2.54. The average Bonchev–Trinajstić information content (AvgIpc) is 2.81. The third-order valence-corrected chi connectivity index (χ3v) is 4.45. The number of carboxylic acids is 1. The smallest absolute Gasteiger partial charge is 0.329 e. The van der Waals surface area contributed by atoms with E-state index in [0.717, 1.165) is 25.7 Å². The molecule has 0 spiro atoms. The summed E-state index contributed by atoms with van der Waals surface area (Å²) in [7, 11) is 0. The fraction of sp³-hybridized carbons (Fsp3) is 0.412. The van der Waals surface area contributed by atoms with Crippen molar-refractivity contribution in [2.45, 2.75) is 44.1 Å². The Labute approximate surface area is 133 Å². The molecule has 23 heavy (non-hydrogen) atoms. The number of carbonyl (C=O) groups excluding carboxylic acids is 1. The normalized spacial score (nSPS) is 17.4. The van der Waals surface area contributed by atoms with Crippen molar-refractivity contribution in [3.63, 3.8) is 0 Å². The van der Waals surface area contributed by atoms with Crippen LogP contribution in [0.5, 0.6) is 0 Å². The molecule has 1 saturated carbocycles. The first-order valence-electron chi connectivity index (χ1n) is 7.87.